The van der Waals surface area contributed by atoms with Gasteiger partial charge >= 0.3 is 0 Å². The van der Waals surface area contributed by atoms with Crippen LogP contribution in [-0.2, 0) is 0 Å². The molecule has 0 fully saturated rings. The van der Waals surface area contributed by atoms with Crippen molar-refractivity contribution >= 4 is 10.9 Å². The Labute approximate surface area is 171 Å². The lowest BCUT2D eigenvalue weighted by Crippen LogP contribution is -1.97. The van der Waals surface area contributed by atoms with E-state index in [2.05, 4.69) is 116 Å². The van der Waals surface area contributed by atoms with Crippen LogP contribution < -0.4 is 0 Å². The molecule has 1 nitrogen and oxygen atoms in total. The molecule has 0 N–H and O–H groups in total. The minimum atomic E-state index is 1.02. The Morgan fingerprint density at radius 3 is 1.83 bits per heavy atom. The zero-order valence-electron chi connectivity index (χ0n) is 16.3. The van der Waals surface area contributed by atoms with Gasteiger partial charge in [-0.15, -0.1) is 0 Å². The van der Waals surface area contributed by atoms with Crippen LogP contribution in [0.5, 0.6) is 0 Å². The first-order chi connectivity index (χ1) is 14.3. The van der Waals surface area contributed by atoms with Gasteiger partial charge in [0.1, 0.15) is 0 Å². The van der Waals surface area contributed by atoms with Gasteiger partial charge < -0.3 is 0 Å². The number of rotatable bonds is 3. The van der Waals surface area contributed by atoms with Gasteiger partial charge in [0.25, 0.3) is 0 Å². The number of aromatic nitrogens is 1. The highest BCUT2D eigenvalue weighted by Crippen LogP contribution is 2.43. The van der Waals surface area contributed by atoms with Gasteiger partial charge in [-0.3, -0.25) is 0 Å². The highest BCUT2D eigenvalue weighted by Gasteiger charge is 2.20. The number of para-hydroxylation sites is 1. The molecule has 0 spiro atoms. The van der Waals surface area contributed by atoms with E-state index in [9.17, 15) is 0 Å². The summed E-state index contributed by atoms with van der Waals surface area (Å²) in [5.74, 6) is 0. The molecule has 0 bridgehead atoms. The third-order valence-corrected chi connectivity index (χ3v) is 5.42. The average molecular weight is 371 g/mol. The van der Waals surface area contributed by atoms with Crippen LogP contribution in [0.2, 0.25) is 0 Å². The number of nitrogens with zero attached hydrogens (tertiary/aromatic N) is 1. The summed E-state index contributed by atoms with van der Waals surface area (Å²) in [4.78, 5) is 5.14. The van der Waals surface area contributed by atoms with E-state index >= 15 is 0 Å². The van der Waals surface area contributed by atoms with E-state index in [0.717, 1.165) is 16.8 Å². The highest BCUT2D eigenvalue weighted by molar-refractivity contribution is 6.07. The minimum Gasteiger partial charge on any atom is -0.247 e. The predicted octanol–water partition coefficient (Wildman–Crippen LogP) is 7.54. The first kappa shape index (κ1) is 17.4. The molecule has 5 aromatic rings. The lowest BCUT2D eigenvalue weighted by atomic mass is 9.87. The van der Waals surface area contributed by atoms with Gasteiger partial charge in [0.2, 0.25) is 0 Å². The topological polar surface area (TPSA) is 12.9 Å². The molecule has 0 saturated carbocycles. The fraction of sp³-hybridized carbons (Fsp3) is 0.0357. The molecule has 4 aromatic carbocycles. The van der Waals surface area contributed by atoms with Crippen molar-refractivity contribution in [1.29, 1.82) is 0 Å². The van der Waals surface area contributed by atoms with E-state index in [1.807, 2.05) is 0 Å². The van der Waals surface area contributed by atoms with Gasteiger partial charge in [0.15, 0.2) is 0 Å². The third kappa shape index (κ3) is 3.11. The fourth-order valence-corrected chi connectivity index (χ4v) is 4.04. The molecule has 0 unspecified atom stereocenters. The molecule has 138 valence electrons. The van der Waals surface area contributed by atoms with Crippen molar-refractivity contribution in [3.8, 4) is 33.5 Å². The largest absolute Gasteiger partial charge is 0.247 e. The van der Waals surface area contributed by atoms with Gasteiger partial charge in [-0.25, -0.2) is 4.98 Å². The molecule has 0 radical (unpaired) electrons. The van der Waals surface area contributed by atoms with Crippen LogP contribution in [0.25, 0.3) is 44.4 Å². The zero-order valence-corrected chi connectivity index (χ0v) is 16.3. The molecule has 1 heteroatoms. The zero-order chi connectivity index (χ0) is 19.6. The quantitative estimate of drug-likeness (QED) is 0.319. The van der Waals surface area contributed by atoms with E-state index < -0.39 is 0 Å². The number of hydrogen-bond donors (Lipinski definition) is 0. The van der Waals surface area contributed by atoms with Crippen LogP contribution in [0.1, 0.15) is 5.56 Å². The molecule has 5 rings (SSSR count). The van der Waals surface area contributed by atoms with Crippen LogP contribution in [0.3, 0.4) is 0 Å². The molecule has 0 amide bonds. The predicted molar refractivity (Wildman–Crippen MR) is 123 cm³/mol. The molecule has 0 aliphatic heterocycles. The normalized spacial score (nSPS) is 10.9. The van der Waals surface area contributed by atoms with E-state index in [1.165, 1.54) is 33.2 Å². The maximum Gasteiger partial charge on any atom is 0.0794 e. The van der Waals surface area contributed by atoms with Gasteiger partial charge in [0, 0.05) is 22.1 Å². The monoisotopic (exact) mass is 371 g/mol. The Morgan fingerprint density at radius 2 is 1.10 bits per heavy atom. The standard InChI is InChI=1S/C28H21N/c1-20-12-8-9-17-23(20)27-24-18-10-11-19-25(24)29-28(22-15-6-3-7-16-22)26(27)21-13-4-2-5-14-21/h2-19H,1H3. The van der Waals surface area contributed by atoms with E-state index in [1.54, 1.807) is 0 Å². The lowest BCUT2D eigenvalue weighted by molar-refractivity contribution is 1.38. The Morgan fingerprint density at radius 1 is 0.517 bits per heavy atom. The second kappa shape index (κ2) is 7.37. The van der Waals surface area contributed by atoms with Crippen molar-refractivity contribution in [2.45, 2.75) is 6.92 Å². The van der Waals surface area contributed by atoms with Crippen LogP contribution in [0, 0.1) is 6.92 Å². The second-order valence-corrected chi connectivity index (χ2v) is 7.27. The summed E-state index contributed by atoms with van der Waals surface area (Å²) in [7, 11) is 0. The maximum absolute atomic E-state index is 5.14. The Kier molecular flexibility index (Phi) is 4.42. The number of pyridine rings is 1. The van der Waals surface area contributed by atoms with Crippen molar-refractivity contribution in [3.63, 3.8) is 0 Å². The van der Waals surface area contributed by atoms with Crippen molar-refractivity contribution in [2.75, 3.05) is 0 Å². The summed E-state index contributed by atoms with van der Waals surface area (Å²) < 4.78 is 0. The maximum atomic E-state index is 5.14. The summed E-state index contributed by atoms with van der Waals surface area (Å²) in [5.41, 5.74) is 9.30. The lowest BCUT2D eigenvalue weighted by Gasteiger charge is -2.19. The summed E-state index contributed by atoms with van der Waals surface area (Å²) in [5, 5.41) is 1.18. The van der Waals surface area contributed by atoms with Crippen LogP contribution in [-0.4, -0.2) is 4.98 Å². The molecule has 29 heavy (non-hydrogen) atoms. The molecule has 1 heterocycles. The molecule has 0 atom stereocenters. The summed E-state index contributed by atoms with van der Waals surface area (Å²) in [6.45, 7) is 2.18. The Balaban J connectivity index is 1.99. The highest BCUT2D eigenvalue weighted by atomic mass is 14.7. The second-order valence-electron chi connectivity index (χ2n) is 7.27. The SMILES string of the molecule is Cc1ccccc1-c1c(-c2ccccc2)c(-c2ccccc2)nc2ccccc12. The Bertz CT molecular complexity index is 1290. The van der Waals surface area contributed by atoms with Crippen molar-refractivity contribution in [2.24, 2.45) is 0 Å². The number of hydrogen-bond acceptors (Lipinski definition) is 1. The fourth-order valence-electron chi connectivity index (χ4n) is 4.04. The number of fused-ring (bicyclic) bond motifs is 1. The Hall–Kier alpha value is -3.71. The molecule has 0 aliphatic rings. The minimum absolute atomic E-state index is 1.02. The van der Waals surface area contributed by atoms with Gasteiger partial charge in [-0.2, -0.15) is 0 Å². The van der Waals surface area contributed by atoms with E-state index in [-0.39, 0.29) is 0 Å². The molecule has 0 aliphatic carbocycles. The molecular weight excluding hydrogens is 350 g/mol. The van der Waals surface area contributed by atoms with Gasteiger partial charge in [0.05, 0.1) is 11.2 Å². The first-order valence-corrected chi connectivity index (χ1v) is 9.92. The smallest absolute Gasteiger partial charge is 0.0794 e. The van der Waals surface area contributed by atoms with Gasteiger partial charge in [-0.05, 0) is 29.7 Å². The van der Waals surface area contributed by atoms with E-state index in [4.69, 9.17) is 4.98 Å². The van der Waals surface area contributed by atoms with Crippen molar-refractivity contribution in [3.05, 3.63) is 115 Å². The molecule has 0 saturated heterocycles. The third-order valence-electron chi connectivity index (χ3n) is 5.42. The average Bonchev–Trinajstić information content (AvgIpc) is 2.79. The molecule has 1 aromatic heterocycles. The molecular formula is C28H21N. The van der Waals surface area contributed by atoms with Crippen molar-refractivity contribution in [1.82, 2.24) is 4.98 Å². The van der Waals surface area contributed by atoms with Crippen LogP contribution >= 0.6 is 0 Å². The first-order valence-electron chi connectivity index (χ1n) is 9.92. The van der Waals surface area contributed by atoms with Crippen molar-refractivity contribution < 1.29 is 0 Å². The summed E-state index contributed by atoms with van der Waals surface area (Å²) in [6, 6.07) is 38.2. The van der Waals surface area contributed by atoms with Crippen LogP contribution in [0.4, 0.5) is 0 Å². The van der Waals surface area contributed by atoms with Crippen LogP contribution in [0.15, 0.2) is 109 Å². The number of aryl methyl sites for hydroxylation is 1. The van der Waals surface area contributed by atoms with Gasteiger partial charge in [-0.1, -0.05) is 103 Å². The number of benzene rings is 4. The van der Waals surface area contributed by atoms with E-state index in [0.29, 0.717) is 0 Å². The summed E-state index contributed by atoms with van der Waals surface area (Å²) in [6.07, 6.45) is 0. The summed E-state index contributed by atoms with van der Waals surface area (Å²) >= 11 is 0.